The molecule has 0 bridgehead atoms. The summed E-state index contributed by atoms with van der Waals surface area (Å²) in [7, 11) is 1.73. The molecule has 1 N–H and O–H groups in total. The zero-order chi connectivity index (χ0) is 23.2. The highest BCUT2D eigenvalue weighted by Crippen LogP contribution is 2.20. The molecule has 2 aromatic heterocycles. The highest BCUT2D eigenvalue weighted by molar-refractivity contribution is 9.10. The van der Waals surface area contributed by atoms with E-state index in [2.05, 4.69) is 21.2 Å². The topological polar surface area (TPSA) is 78.0 Å². The van der Waals surface area contributed by atoms with Crippen molar-refractivity contribution in [3.8, 4) is 5.69 Å². The first-order chi connectivity index (χ1) is 15.2. The lowest BCUT2D eigenvalue weighted by Gasteiger charge is -2.13. The van der Waals surface area contributed by atoms with Crippen molar-refractivity contribution in [2.24, 2.45) is 7.05 Å². The van der Waals surface area contributed by atoms with Gasteiger partial charge >= 0.3 is 5.69 Å². The molecule has 0 saturated heterocycles. The lowest BCUT2D eigenvalue weighted by Crippen LogP contribution is -2.41. The van der Waals surface area contributed by atoms with Crippen molar-refractivity contribution in [2.45, 2.75) is 20.4 Å². The summed E-state index contributed by atoms with van der Waals surface area (Å²) in [6, 6.07) is 12.9. The van der Waals surface area contributed by atoms with E-state index >= 15 is 0 Å². The number of halogens is 2. The SMILES string of the molecule is Cc1ccc(-n2c(=O)c3c(cc(C)n3C)n(CC(=O)Nc3ccc(Br)cc3F)c2=O)cc1. The van der Waals surface area contributed by atoms with Crippen LogP contribution in [0, 0.1) is 19.7 Å². The maximum Gasteiger partial charge on any atom is 0.336 e. The van der Waals surface area contributed by atoms with Crippen LogP contribution in [-0.4, -0.2) is 19.6 Å². The third-order valence-corrected chi connectivity index (χ3v) is 5.86. The molecule has 4 aromatic rings. The van der Waals surface area contributed by atoms with E-state index < -0.39 is 23.0 Å². The summed E-state index contributed by atoms with van der Waals surface area (Å²) in [4.78, 5) is 39.4. The number of fused-ring (bicyclic) bond motifs is 1. The van der Waals surface area contributed by atoms with E-state index in [-0.39, 0.29) is 12.2 Å². The first kappa shape index (κ1) is 21.8. The second kappa shape index (κ2) is 8.23. The van der Waals surface area contributed by atoms with Crippen LogP contribution in [0.3, 0.4) is 0 Å². The first-order valence-electron chi connectivity index (χ1n) is 9.81. The number of anilines is 1. The Balaban J connectivity index is 1.86. The molecule has 164 valence electrons. The molecule has 0 saturated carbocycles. The van der Waals surface area contributed by atoms with Crippen molar-refractivity contribution in [2.75, 3.05) is 5.32 Å². The second-order valence-corrected chi connectivity index (χ2v) is 8.51. The summed E-state index contributed by atoms with van der Waals surface area (Å²) < 4.78 is 18.7. The van der Waals surface area contributed by atoms with Gasteiger partial charge in [-0.3, -0.25) is 14.2 Å². The lowest BCUT2D eigenvalue weighted by molar-refractivity contribution is -0.116. The highest BCUT2D eigenvalue weighted by Gasteiger charge is 2.20. The number of nitrogens with one attached hydrogen (secondary N) is 1. The van der Waals surface area contributed by atoms with Gasteiger partial charge in [-0.1, -0.05) is 33.6 Å². The minimum Gasteiger partial charge on any atom is -0.342 e. The van der Waals surface area contributed by atoms with Crippen LogP contribution in [0.2, 0.25) is 0 Å². The average molecular weight is 499 g/mol. The quantitative estimate of drug-likeness (QED) is 0.466. The van der Waals surface area contributed by atoms with Gasteiger partial charge in [0, 0.05) is 17.2 Å². The number of benzene rings is 2. The fraction of sp³-hybridized carbons (Fsp3) is 0.174. The lowest BCUT2D eigenvalue weighted by atomic mass is 10.2. The fourth-order valence-electron chi connectivity index (χ4n) is 3.59. The van der Waals surface area contributed by atoms with Gasteiger partial charge in [0.25, 0.3) is 5.56 Å². The molecule has 4 rings (SSSR count). The van der Waals surface area contributed by atoms with Crippen molar-refractivity contribution in [1.29, 1.82) is 0 Å². The maximum atomic E-state index is 14.1. The van der Waals surface area contributed by atoms with Crippen LogP contribution in [0.15, 0.2) is 62.6 Å². The maximum absolute atomic E-state index is 14.1. The van der Waals surface area contributed by atoms with E-state index in [9.17, 15) is 18.8 Å². The van der Waals surface area contributed by atoms with Gasteiger partial charge in [0.2, 0.25) is 5.91 Å². The van der Waals surface area contributed by atoms with Gasteiger partial charge in [-0.05, 0) is 50.2 Å². The number of hydrogen-bond acceptors (Lipinski definition) is 3. The number of aromatic nitrogens is 3. The molecular weight excluding hydrogens is 479 g/mol. The van der Waals surface area contributed by atoms with E-state index in [1.54, 1.807) is 48.0 Å². The summed E-state index contributed by atoms with van der Waals surface area (Å²) in [5.41, 5.74) is 1.65. The molecule has 0 aliphatic carbocycles. The van der Waals surface area contributed by atoms with Gasteiger partial charge in [0.15, 0.2) is 0 Å². The Labute approximate surface area is 190 Å². The van der Waals surface area contributed by atoms with Crippen molar-refractivity contribution < 1.29 is 9.18 Å². The molecule has 0 unspecified atom stereocenters. The van der Waals surface area contributed by atoms with Gasteiger partial charge in [-0.15, -0.1) is 0 Å². The minimum atomic E-state index is -0.650. The Kier molecular flexibility index (Phi) is 5.60. The monoisotopic (exact) mass is 498 g/mol. The molecule has 2 aromatic carbocycles. The third kappa shape index (κ3) is 3.80. The average Bonchev–Trinajstić information content (AvgIpc) is 3.03. The van der Waals surface area contributed by atoms with Crippen molar-refractivity contribution in [1.82, 2.24) is 13.7 Å². The Bertz CT molecular complexity index is 1480. The predicted molar refractivity (Wildman–Crippen MR) is 125 cm³/mol. The zero-order valence-corrected chi connectivity index (χ0v) is 19.2. The van der Waals surface area contributed by atoms with E-state index in [1.165, 1.54) is 16.7 Å². The van der Waals surface area contributed by atoms with Crippen LogP contribution < -0.4 is 16.6 Å². The molecule has 0 aliphatic rings. The molecule has 9 heteroatoms. The number of hydrogen-bond donors (Lipinski definition) is 1. The molecule has 0 atom stereocenters. The molecule has 7 nitrogen and oxygen atoms in total. The highest BCUT2D eigenvalue weighted by atomic mass is 79.9. The van der Waals surface area contributed by atoms with Crippen molar-refractivity contribution >= 4 is 38.6 Å². The van der Waals surface area contributed by atoms with Crippen LogP contribution in [0.4, 0.5) is 10.1 Å². The van der Waals surface area contributed by atoms with E-state index in [0.717, 1.165) is 15.8 Å². The van der Waals surface area contributed by atoms with Crippen LogP contribution in [0.25, 0.3) is 16.7 Å². The Morgan fingerprint density at radius 3 is 2.41 bits per heavy atom. The van der Waals surface area contributed by atoms with E-state index in [1.807, 2.05) is 13.8 Å². The zero-order valence-electron chi connectivity index (χ0n) is 17.6. The minimum absolute atomic E-state index is 0.00130. The summed E-state index contributed by atoms with van der Waals surface area (Å²) >= 11 is 3.17. The number of aryl methyl sites for hydroxylation is 3. The largest absolute Gasteiger partial charge is 0.342 e. The van der Waals surface area contributed by atoms with Crippen LogP contribution in [0.1, 0.15) is 11.3 Å². The van der Waals surface area contributed by atoms with Crippen LogP contribution in [0.5, 0.6) is 0 Å². The van der Waals surface area contributed by atoms with Gasteiger partial charge in [0.1, 0.15) is 17.9 Å². The normalized spacial score (nSPS) is 11.2. The first-order valence-corrected chi connectivity index (χ1v) is 10.6. The standard InChI is InChI=1S/C23H20BrFN4O3/c1-13-4-7-16(8-5-13)29-22(31)21-19(10-14(2)27(21)3)28(23(29)32)12-20(30)26-18-9-6-15(24)11-17(18)25/h4-11H,12H2,1-3H3,(H,26,30). The predicted octanol–water partition coefficient (Wildman–Crippen LogP) is 3.65. The summed E-state index contributed by atoms with van der Waals surface area (Å²) in [6.45, 7) is 3.32. The van der Waals surface area contributed by atoms with Crippen LogP contribution >= 0.6 is 15.9 Å². The smallest absolute Gasteiger partial charge is 0.336 e. The van der Waals surface area contributed by atoms with Crippen LogP contribution in [-0.2, 0) is 18.4 Å². The van der Waals surface area contributed by atoms with Gasteiger partial charge in [0.05, 0.1) is 16.9 Å². The van der Waals surface area contributed by atoms with E-state index in [0.29, 0.717) is 21.2 Å². The Hall–Kier alpha value is -3.46. The fourth-order valence-corrected chi connectivity index (χ4v) is 3.92. The number of rotatable bonds is 4. The molecule has 0 fully saturated rings. The van der Waals surface area contributed by atoms with Gasteiger partial charge < -0.3 is 9.88 Å². The Morgan fingerprint density at radius 2 is 1.75 bits per heavy atom. The molecule has 0 radical (unpaired) electrons. The molecular formula is C23H20BrFN4O3. The molecule has 32 heavy (non-hydrogen) atoms. The Morgan fingerprint density at radius 1 is 1.06 bits per heavy atom. The number of amides is 1. The number of carbonyl (C=O) groups excluding carboxylic acids is 1. The van der Waals surface area contributed by atoms with Crippen molar-refractivity contribution in [3.63, 3.8) is 0 Å². The molecule has 1 amide bonds. The second-order valence-electron chi connectivity index (χ2n) is 7.60. The molecule has 2 heterocycles. The third-order valence-electron chi connectivity index (χ3n) is 5.37. The molecule has 0 aliphatic heterocycles. The number of carbonyl (C=O) groups is 1. The summed E-state index contributed by atoms with van der Waals surface area (Å²) in [5, 5.41) is 2.49. The molecule has 0 spiro atoms. The summed E-state index contributed by atoms with van der Waals surface area (Å²) in [5.74, 6) is -1.20. The van der Waals surface area contributed by atoms with Gasteiger partial charge in [-0.2, -0.15) is 0 Å². The van der Waals surface area contributed by atoms with E-state index in [4.69, 9.17) is 0 Å². The summed E-state index contributed by atoms with van der Waals surface area (Å²) in [6.07, 6.45) is 0. The van der Waals surface area contributed by atoms with Crippen molar-refractivity contribution in [3.05, 3.63) is 90.9 Å². The van der Waals surface area contributed by atoms with Gasteiger partial charge in [-0.25, -0.2) is 13.8 Å². The number of nitrogens with zero attached hydrogens (tertiary/aromatic N) is 3.